The summed E-state index contributed by atoms with van der Waals surface area (Å²) in [6.07, 6.45) is 5.32. The van der Waals surface area contributed by atoms with Gasteiger partial charge in [-0.2, -0.15) is 0 Å². The molecule has 3 aromatic heterocycles. The minimum Gasteiger partial charge on any atom is -0.489 e. The fraction of sp³-hybridized carbons (Fsp3) is 0.488. The summed E-state index contributed by atoms with van der Waals surface area (Å²) in [6.45, 7) is 9.22. The molecule has 7 rings (SSSR count). The number of thiazole rings is 1. The maximum absolute atomic E-state index is 12.9. The van der Waals surface area contributed by atoms with E-state index in [0.717, 1.165) is 53.5 Å². The SMILES string of the molecule is COCCOCCOCCOCCOCCOc1cc(C(=O)OC)cc2c1nc(CN1CCC(c3cccc4c3O[C@@](C)(c3ccc(Cl)cn3)O4)CC1)n2Cc1cncs1. The summed E-state index contributed by atoms with van der Waals surface area (Å²) in [4.78, 5) is 30.3. The van der Waals surface area contributed by atoms with Crippen LogP contribution in [0.25, 0.3) is 11.0 Å². The van der Waals surface area contributed by atoms with E-state index in [4.69, 9.17) is 59.2 Å². The zero-order valence-electron chi connectivity index (χ0n) is 34.3. The quantitative estimate of drug-likeness (QED) is 0.0521. The number of halogens is 1. The number of carbonyl (C=O) groups is 1. The minimum atomic E-state index is -1.05. The van der Waals surface area contributed by atoms with E-state index in [1.165, 1.54) is 7.11 Å². The van der Waals surface area contributed by atoms with Crippen LogP contribution >= 0.6 is 22.9 Å². The Morgan fingerprint density at radius 2 is 1.60 bits per heavy atom. The van der Waals surface area contributed by atoms with Crippen LogP contribution in [0.2, 0.25) is 5.02 Å². The first-order chi connectivity index (χ1) is 29.3. The molecule has 0 aliphatic carbocycles. The van der Waals surface area contributed by atoms with Crippen molar-refractivity contribution >= 4 is 39.9 Å². The van der Waals surface area contributed by atoms with E-state index >= 15 is 0 Å². The Hall–Kier alpha value is -4.39. The van der Waals surface area contributed by atoms with Gasteiger partial charge in [0.25, 0.3) is 5.79 Å². The van der Waals surface area contributed by atoms with Crippen LogP contribution in [0.5, 0.6) is 17.2 Å². The van der Waals surface area contributed by atoms with Gasteiger partial charge in [-0.3, -0.25) is 14.9 Å². The lowest BCUT2D eigenvalue weighted by Gasteiger charge is -2.32. The molecule has 1 atom stereocenters. The lowest BCUT2D eigenvalue weighted by molar-refractivity contribution is -0.0722. The van der Waals surface area contributed by atoms with Crippen molar-refractivity contribution in [3.8, 4) is 17.2 Å². The number of pyridine rings is 1. The van der Waals surface area contributed by atoms with Gasteiger partial charge in [0.05, 0.1) is 101 Å². The number of para-hydroxylation sites is 1. The van der Waals surface area contributed by atoms with Gasteiger partial charge in [0, 0.05) is 36.9 Å². The summed E-state index contributed by atoms with van der Waals surface area (Å²) < 4.78 is 53.6. The number of aromatic nitrogens is 4. The van der Waals surface area contributed by atoms with Crippen molar-refractivity contribution in [2.75, 3.05) is 93.4 Å². The Balaban J connectivity index is 0.976. The maximum Gasteiger partial charge on any atom is 0.338 e. The number of methoxy groups -OCH3 is 2. The minimum absolute atomic E-state index is 0.254. The summed E-state index contributed by atoms with van der Waals surface area (Å²) >= 11 is 7.68. The zero-order chi connectivity index (χ0) is 41.7. The molecule has 1 fully saturated rings. The number of likely N-dealkylation sites (tertiary alicyclic amines) is 1. The Bertz CT molecular complexity index is 2130. The van der Waals surface area contributed by atoms with Crippen molar-refractivity contribution in [2.24, 2.45) is 0 Å². The lowest BCUT2D eigenvalue weighted by Crippen LogP contribution is -2.34. The van der Waals surface area contributed by atoms with Crippen LogP contribution in [0.1, 0.15) is 58.0 Å². The van der Waals surface area contributed by atoms with Crippen molar-refractivity contribution in [2.45, 2.75) is 44.6 Å². The molecular weight excluding hydrogens is 814 g/mol. The lowest BCUT2D eigenvalue weighted by atomic mass is 9.88. The Morgan fingerprint density at radius 1 is 0.883 bits per heavy atom. The summed E-state index contributed by atoms with van der Waals surface area (Å²) in [5, 5.41) is 0.554. The molecule has 0 spiro atoms. The predicted molar refractivity (Wildman–Crippen MR) is 224 cm³/mol. The molecule has 322 valence electrons. The second-order valence-electron chi connectivity index (χ2n) is 14.4. The first-order valence-corrected chi connectivity index (χ1v) is 21.4. The van der Waals surface area contributed by atoms with Gasteiger partial charge in [-0.1, -0.05) is 23.7 Å². The Kier molecular flexibility index (Phi) is 15.6. The second kappa shape index (κ2) is 21.4. The first-order valence-electron chi connectivity index (χ1n) is 20.1. The van der Waals surface area contributed by atoms with Crippen LogP contribution in [0.3, 0.4) is 0 Å². The molecule has 0 unspecified atom stereocenters. The van der Waals surface area contributed by atoms with Gasteiger partial charge < -0.3 is 47.2 Å². The molecule has 17 heteroatoms. The van der Waals surface area contributed by atoms with Gasteiger partial charge in [-0.05, 0) is 62.2 Å². The van der Waals surface area contributed by atoms with E-state index in [0.29, 0.717) is 106 Å². The van der Waals surface area contributed by atoms with E-state index in [1.54, 1.807) is 36.8 Å². The average molecular weight is 866 g/mol. The summed E-state index contributed by atoms with van der Waals surface area (Å²) in [7, 11) is 3.01. The van der Waals surface area contributed by atoms with Crippen molar-refractivity contribution < 1.29 is 47.4 Å². The van der Waals surface area contributed by atoms with Crippen molar-refractivity contribution in [1.29, 1.82) is 0 Å². The van der Waals surface area contributed by atoms with Gasteiger partial charge in [-0.15, -0.1) is 11.3 Å². The molecule has 15 nitrogen and oxygen atoms in total. The standard InChI is InChI=1S/C43H52ClN5O10S/c1-43(38-8-7-32(44)25-46-38)58-36-6-4-5-34(41(36)59-43)30-9-11-48(12-10-30)28-39-47-40-35(49(39)27-33-26-45-29-60-33)23-31(42(50)52-3)24-37(40)57-22-21-56-20-19-55-18-17-54-16-15-53-14-13-51-2/h4-8,23-26,29-30H,9-22,27-28H2,1-3H3/t43-/m0/s1. The van der Waals surface area contributed by atoms with Gasteiger partial charge in [0.15, 0.2) is 11.5 Å². The fourth-order valence-corrected chi connectivity index (χ4v) is 7.99. The van der Waals surface area contributed by atoms with Crippen LogP contribution in [0, 0.1) is 0 Å². The number of ether oxygens (including phenoxy) is 9. The van der Waals surface area contributed by atoms with Crippen LogP contribution in [0.4, 0.5) is 0 Å². The molecule has 0 saturated carbocycles. The number of hydrogen-bond acceptors (Lipinski definition) is 15. The highest BCUT2D eigenvalue weighted by Crippen LogP contribution is 2.49. The molecule has 1 saturated heterocycles. The van der Waals surface area contributed by atoms with Gasteiger partial charge in [-0.25, -0.2) is 9.78 Å². The van der Waals surface area contributed by atoms with Gasteiger partial charge >= 0.3 is 5.97 Å². The normalized spacial score (nSPS) is 16.8. The number of carbonyl (C=O) groups excluding carboxylic acids is 1. The van der Waals surface area contributed by atoms with Crippen LogP contribution < -0.4 is 14.2 Å². The average Bonchev–Trinajstić information content (AvgIpc) is 4.00. The molecule has 5 aromatic rings. The number of hydrogen-bond donors (Lipinski definition) is 0. The fourth-order valence-electron chi connectivity index (χ4n) is 7.29. The Morgan fingerprint density at radius 3 is 2.25 bits per heavy atom. The number of fused-ring (bicyclic) bond motifs is 2. The third-order valence-electron chi connectivity index (χ3n) is 10.3. The third-order valence-corrected chi connectivity index (χ3v) is 11.3. The number of rotatable bonds is 23. The zero-order valence-corrected chi connectivity index (χ0v) is 35.8. The molecule has 0 radical (unpaired) electrons. The van der Waals surface area contributed by atoms with Gasteiger partial charge in [0.2, 0.25) is 0 Å². The molecular formula is C43H52ClN5O10S. The number of imidazole rings is 1. The Labute approximate surface area is 358 Å². The highest BCUT2D eigenvalue weighted by molar-refractivity contribution is 7.09. The van der Waals surface area contributed by atoms with E-state index in [9.17, 15) is 4.79 Å². The summed E-state index contributed by atoms with van der Waals surface area (Å²) in [5.41, 5.74) is 5.43. The number of piperidine rings is 1. The molecule has 0 amide bonds. The maximum atomic E-state index is 12.9. The number of benzene rings is 2. The number of nitrogens with zero attached hydrogens (tertiary/aromatic N) is 5. The van der Waals surface area contributed by atoms with E-state index in [2.05, 4.69) is 25.5 Å². The molecule has 2 aliphatic heterocycles. The van der Waals surface area contributed by atoms with Crippen LogP contribution in [-0.2, 0) is 47.3 Å². The third kappa shape index (κ3) is 11.1. The molecule has 2 aromatic carbocycles. The summed E-state index contributed by atoms with van der Waals surface area (Å²) in [5.74, 6) is 1.61. The van der Waals surface area contributed by atoms with Crippen molar-refractivity contribution in [3.63, 3.8) is 0 Å². The largest absolute Gasteiger partial charge is 0.489 e. The highest BCUT2D eigenvalue weighted by atomic mass is 35.5. The monoisotopic (exact) mass is 865 g/mol. The molecule has 0 N–H and O–H groups in total. The van der Waals surface area contributed by atoms with E-state index in [-0.39, 0.29) is 12.5 Å². The second-order valence-corrected chi connectivity index (χ2v) is 15.9. The molecule has 60 heavy (non-hydrogen) atoms. The number of esters is 1. The first kappa shape index (κ1) is 43.7. The van der Waals surface area contributed by atoms with Crippen LogP contribution in [-0.4, -0.2) is 124 Å². The van der Waals surface area contributed by atoms with Crippen molar-refractivity contribution in [3.05, 3.63) is 92.9 Å². The van der Waals surface area contributed by atoms with Crippen molar-refractivity contribution in [1.82, 2.24) is 24.4 Å². The molecule has 5 heterocycles. The predicted octanol–water partition coefficient (Wildman–Crippen LogP) is 6.49. The van der Waals surface area contributed by atoms with Crippen LogP contribution in [0.15, 0.2) is 60.4 Å². The summed E-state index contributed by atoms with van der Waals surface area (Å²) in [6, 6.07) is 13.2. The highest BCUT2D eigenvalue weighted by Gasteiger charge is 2.42. The molecule has 0 bridgehead atoms. The van der Waals surface area contributed by atoms with Gasteiger partial charge in [0.1, 0.15) is 29.4 Å². The molecule has 2 aliphatic rings. The van der Waals surface area contributed by atoms with E-state index < -0.39 is 11.8 Å². The topological polar surface area (TPSA) is 147 Å². The van der Waals surface area contributed by atoms with E-state index in [1.807, 2.05) is 42.9 Å². The smallest absolute Gasteiger partial charge is 0.338 e.